The van der Waals surface area contributed by atoms with Gasteiger partial charge in [-0.1, -0.05) is 30.3 Å². The van der Waals surface area contributed by atoms with Crippen LogP contribution in [0.4, 0.5) is 5.69 Å². The summed E-state index contributed by atoms with van der Waals surface area (Å²) in [6, 6.07) is 5.84. The standard InChI is InChI=1S/C20H22N4O2S/c1-11-7-8-14-15(9-11)27-19-17(14)20(26)24(23-22-19)10-16(25)21-18-12(2)5-4-6-13(18)3/h4-6,11H,7-10H2,1-3H3,(H,21,25)/t11-/m1/s1. The molecule has 3 aromatic rings. The maximum atomic E-state index is 13.0. The van der Waals surface area contributed by atoms with Crippen molar-refractivity contribution in [3.05, 3.63) is 50.1 Å². The Morgan fingerprint density at radius 2 is 2.07 bits per heavy atom. The Kier molecular flexibility index (Phi) is 4.55. The van der Waals surface area contributed by atoms with Gasteiger partial charge in [-0.05, 0) is 55.7 Å². The normalized spacial score (nSPS) is 16.3. The zero-order valence-corrected chi connectivity index (χ0v) is 16.5. The number of aromatic nitrogens is 3. The van der Waals surface area contributed by atoms with Gasteiger partial charge in [0, 0.05) is 10.6 Å². The molecular formula is C20H22N4O2S. The molecule has 0 fully saturated rings. The van der Waals surface area contributed by atoms with Crippen LogP contribution in [0.25, 0.3) is 10.2 Å². The van der Waals surface area contributed by atoms with Gasteiger partial charge in [0.05, 0.1) is 5.39 Å². The Hall–Kier alpha value is -2.54. The number of amides is 1. The van der Waals surface area contributed by atoms with Crippen molar-refractivity contribution in [2.45, 2.75) is 46.6 Å². The summed E-state index contributed by atoms with van der Waals surface area (Å²) < 4.78 is 1.18. The molecule has 0 unspecified atom stereocenters. The molecule has 1 atom stereocenters. The van der Waals surface area contributed by atoms with Gasteiger partial charge in [-0.3, -0.25) is 9.59 Å². The first-order valence-electron chi connectivity index (χ1n) is 9.18. The van der Waals surface area contributed by atoms with Crippen LogP contribution in [0.3, 0.4) is 0 Å². The van der Waals surface area contributed by atoms with Crippen LogP contribution in [0, 0.1) is 19.8 Å². The van der Waals surface area contributed by atoms with E-state index in [0.717, 1.165) is 41.6 Å². The molecule has 0 spiro atoms. The number of hydrogen-bond acceptors (Lipinski definition) is 5. The van der Waals surface area contributed by atoms with Gasteiger partial charge in [0.2, 0.25) is 5.91 Å². The molecule has 0 saturated heterocycles. The maximum Gasteiger partial charge on any atom is 0.279 e. The van der Waals surface area contributed by atoms with Crippen LogP contribution in [-0.4, -0.2) is 20.9 Å². The van der Waals surface area contributed by atoms with Crippen molar-refractivity contribution in [2.75, 3.05) is 5.32 Å². The fourth-order valence-electron chi connectivity index (χ4n) is 3.72. The van der Waals surface area contributed by atoms with E-state index in [9.17, 15) is 9.59 Å². The van der Waals surface area contributed by atoms with E-state index in [1.54, 1.807) is 11.3 Å². The van der Waals surface area contributed by atoms with Crippen molar-refractivity contribution in [2.24, 2.45) is 5.92 Å². The minimum Gasteiger partial charge on any atom is -0.324 e. The summed E-state index contributed by atoms with van der Waals surface area (Å²) in [5.74, 6) is 0.352. The van der Waals surface area contributed by atoms with E-state index < -0.39 is 0 Å². The number of anilines is 1. The molecule has 0 saturated carbocycles. The number of nitrogens with zero attached hydrogens (tertiary/aromatic N) is 3. The zero-order valence-electron chi connectivity index (χ0n) is 15.7. The molecule has 0 bridgehead atoms. The predicted molar refractivity (Wildman–Crippen MR) is 107 cm³/mol. The molecule has 1 aliphatic carbocycles. The van der Waals surface area contributed by atoms with Gasteiger partial charge < -0.3 is 5.32 Å². The highest BCUT2D eigenvalue weighted by atomic mass is 32.1. The number of fused-ring (bicyclic) bond motifs is 3. The minimum atomic E-state index is -0.277. The van der Waals surface area contributed by atoms with Crippen molar-refractivity contribution in [1.82, 2.24) is 15.0 Å². The molecule has 27 heavy (non-hydrogen) atoms. The number of carbonyl (C=O) groups excluding carboxylic acids is 1. The third-order valence-corrected chi connectivity index (χ3v) is 6.36. The Bertz CT molecular complexity index is 1080. The van der Waals surface area contributed by atoms with E-state index in [1.807, 2.05) is 32.0 Å². The van der Waals surface area contributed by atoms with E-state index in [-0.39, 0.29) is 18.0 Å². The van der Waals surface area contributed by atoms with Crippen LogP contribution in [0.2, 0.25) is 0 Å². The van der Waals surface area contributed by atoms with Gasteiger partial charge in [0.1, 0.15) is 6.54 Å². The number of para-hydroxylation sites is 1. The molecule has 1 aromatic carbocycles. The van der Waals surface area contributed by atoms with Crippen LogP contribution >= 0.6 is 11.3 Å². The largest absolute Gasteiger partial charge is 0.324 e. The van der Waals surface area contributed by atoms with E-state index in [0.29, 0.717) is 16.1 Å². The van der Waals surface area contributed by atoms with Gasteiger partial charge in [-0.25, -0.2) is 4.68 Å². The predicted octanol–water partition coefficient (Wildman–Crippen LogP) is 3.23. The summed E-state index contributed by atoms with van der Waals surface area (Å²) in [5.41, 5.74) is 3.64. The number of nitrogens with one attached hydrogen (secondary N) is 1. The van der Waals surface area contributed by atoms with E-state index in [2.05, 4.69) is 22.6 Å². The van der Waals surface area contributed by atoms with Gasteiger partial charge in [-0.2, -0.15) is 0 Å². The molecule has 4 rings (SSSR count). The lowest BCUT2D eigenvalue weighted by atomic mass is 9.89. The van der Waals surface area contributed by atoms with Gasteiger partial charge in [-0.15, -0.1) is 16.4 Å². The molecule has 1 amide bonds. The van der Waals surface area contributed by atoms with Gasteiger partial charge in [0.15, 0.2) is 4.83 Å². The highest BCUT2D eigenvalue weighted by Crippen LogP contribution is 2.35. The Morgan fingerprint density at radius 1 is 1.33 bits per heavy atom. The Balaban J connectivity index is 1.64. The van der Waals surface area contributed by atoms with Crippen LogP contribution in [0.1, 0.15) is 34.9 Å². The number of benzene rings is 1. The van der Waals surface area contributed by atoms with Crippen molar-refractivity contribution < 1.29 is 4.79 Å². The van der Waals surface area contributed by atoms with Crippen molar-refractivity contribution in [3.8, 4) is 0 Å². The molecule has 2 aromatic heterocycles. The van der Waals surface area contributed by atoms with Crippen molar-refractivity contribution >= 4 is 33.1 Å². The summed E-state index contributed by atoms with van der Waals surface area (Å²) in [7, 11) is 0. The molecule has 2 heterocycles. The van der Waals surface area contributed by atoms with Crippen molar-refractivity contribution in [1.29, 1.82) is 0 Å². The highest BCUT2D eigenvalue weighted by molar-refractivity contribution is 7.18. The lowest BCUT2D eigenvalue weighted by Gasteiger charge is -2.17. The SMILES string of the molecule is Cc1cccc(C)c1NC(=O)Cn1nnc2sc3c(c2c1=O)CC[C@@H](C)C3. The number of hydrogen-bond donors (Lipinski definition) is 1. The first-order valence-corrected chi connectivity index (χ1v) is 9.99. The average Bonchev–Trinajstić information content (AvgIpc) is 2.99. The second-order valence-electron chi connectivity index (χ2n) is 7.40. The van der Waals surface area contributed by atoms with Crippen LogP contribution in [-0.2, 0) is 24.2 Å². The van der Waals surface area contributed by atoms with E-state index in [1.165, 1.54) is 9.56 Å². The number of rotatable bonds is 3. The van der Waals surface area contributed by atoms with Crippen LogP contribution < -0.4 is 10.9 Å². The molecule has 0 radical (unpaired) electrons. The second kappa shape index (κ2) is 6.88. The fraction of sp³-hybridized carbons (Fsp3) is 0.400. The fourth-order valence-corrected chi connectivity index (χ4v) is 5.04. The average molecular weight is 382 g/mol. The van der Waals surface area contributed by atoms with E-state index >= 15 is 0 Å². The lowest BCUT2D eigenvalue weighted by molar-refractivity contribution is -0.117. The molecule has 1 aliphatic rings. The summed E-state index contributed by atoms with van der Waals surface area (Å²) in [5, 5.41) is 11.8. The lowest BCUT2D eigenvalue weighted by Crippen LogP contribution is -2.31. The Morgan fingerprint density at radius 3 is 2.81 bits per heavy atom. The molecular weight excluding hydrogens is 360 g/mol. The summed E-state index contributed by atoms with van der Waals surface area (Å²) in [4.78, 5) is 27.4. The van der Waals surface area contributed by atoms with Gasteiger partial charge >= 0.3 is 0 Å². The zero-order chi connectivity index (χ0) is 19.1. The smallest absolute Gasteiger partial charge is 0.279 e. The first-order chi connectivity index (χ1) is 12.9. The molecule has 1 N–H and O–H groups in total. The summed E-state index contributed by atoms with van der Waals surface area (Å²) >= 11 is 1.56. The minimum absolute atomic E-state index is 0.142. The maximum absolute atomic E-state index is 13.0. The van der Waals surface area contributed by atoms with Crippen molar-refractivity contribution in [3.63, 3.8) is 0 Å². The number of aryl methyl sites for hydroxylation is 3. The molecule has 0 aliphatic heterocycles. The molecule has 7 heteroatoms. The van der Waals surface area contributed by atoms with Crippen LogP contribution in [0.5, 0.6) is 0 Å². The molecule has 140 valence electrons. The summed E-state index contributed by atoms with van der Waals surface area (Å²) in [6.45, 7) is 5.98. The third-order valence-electron chi connectivity index (χ3n) is 5.22. The number of carbonyl (C=O) groups is 1. The third kappa shape index (κ3) is 3.27. The Labute approximate surface area is 161 Å². The topological polar surface area (TPSA) is 76.9 Å². The quantitative estimate of drug-likeness (QED) is 0.754. The summed E-state index contributed by atoms with van der Waals surface area (Å²) in [6.07, 6.45) is 2.96. The first kappa shape index (κ1) is 17.9. The second-order valence-corrected chi connectivity index (χ2v) is 8.48. The van der Waals surface area contributed by atoms with E-state index in [4.69, 9.17) is 0 Å². The number of thiophene rings is 1. The monoisotopic (exact) mass is 382 g/mol. The van der Waals surface area contributed by atoms with Gasteiger partial charge in [0.25, 0.3) is 5.56 Å². The molecule has 6 nitrogen and oxygen atoms in total. The van der Waals surface area contributed by atoms with Crippen LogP contribution in [0.15, 0.2) is 23.0 Å². The highest BCUT2D eigenvalue weighted by Gasteiger charge is 2.24.